The van der Waals surface area contributed by atoms with Gasteiger partial charge in [-0.1, -0.05) is 29.8 Å². The van der Waals surface area contributed by atoms with E-state index in [2.05, 4.69) is 24.0 Å². The molecule has 0 aliphatic carbocycles. The molecule has 3 nitrogen and oxygen atoms in total. The van der Waals surface area contributed by atoms with E-state index in [1.807, 2.05) is 12.1 Å². The largest absolute Gasteiger partial charge is 0.368 e. The molecule has 1 saturated heterocycles. The molecule has 0 N–H and O–H groups in total. The normalized spacial score (nSPS) is 14.9. The Morgan fingerprint density at radius 3 is 2.48 bits per heavy atom. The van der Waals surface area contributed by atoms with Crippen LogP contribution in [-0.4, -0.2) is 37.0 Å². The van der Waals surface area contributed by atoms with Crippen LogP contribution in [0, 0.1) is 12.7 Å². The predicted octanol–water partition coefficient (Wildman–Crippen LogP) is 3.75. The maximum absolute atomic E-state index is 13.9. The zero-order valence-electron chi connectivity index (χ0n) is 12.9. The van der Waals surface area contributed by atoms with Crippen molar-refractivity contribution in [2.45, 2.75) is 6.92 Å². The van der Waals surface area contributed by atoms with Crippen LogP contribution in [0.2, 0.25) is 5.02 Å². The van der Waals surface area contributed by atoms with E-state index in [0.29, 0.717) is 18.1 Å². The van der Waals surface area contributed by atoms with Crippen LogP contribution in [0.4, 0.5) is 10.1 Å². The van der Waals surface area contributed by atoms with Crippen LogP contribution in [0.15, 0.2) is 42.5 Å². The quantitative estimate of drug-likeness (QED) is 0.836. The van der Waals surface area contributed by atoms with E-state index in [4.69, 9.17) is 11.6 Å². The summed E-state index contributed by atoms with van der Waals surface area (Å²) in [5, 5.41) is 0.369. The molecule has 5 heteroatoms. The van der Waals surface area contributed by atoms with Gasteiger partial charge in [-0.05, 0) is 36.8 Å². The average Bonchev–Trinajstić information content (AvgIpc) is 2.57. The number of carbonyl (C=O) groups is 1. The van der Waals surface area contributed by atoms with E-state index >= 15 is 0 Å². The van der Waals surface area contributed by atoms with Gasteiger partial charge in [0.05, 0.1) is 5.56 Å². The molecule has 2 aromatic carbocycles. The third-order valence-electron chi connectivity index (χ3n) is 4.18. The van der Waals surface area contributed by atoms with Crippen LogP contribution in [-0.2, 0) is 0 Å². The summed E-state index contributed by atoms with van der Waals surface area (Å²) >= 11 is 5.87. The minimum absolute atomic E-state index is 0.0434. The summed E-state index contributed by atoms with van der Waals surface area (Å²) < 4.78 is 13.9. The molecule has 0 bridgehead atoms. The van der Waals surface area contributed by atoms with Crippen molar-refractivity contribution in [2.75, 3.05) is 31.1 Å². The number of para-hydroxylation sites is 1. The van der Waals surface area contributed by atoms with Crippen LogP contribution in [0.1, 0.15) is 15.9 Å². The van der Waals surface area contributed by atoms with Gasteiger partial charge in [-0.15, -0.1) is 0 Å². The second-order valence-electron chi connectivity index (χ2n) is 5.69. The van der Waals surface area contributed by atoms with Crippen LogP contribution in [0.25, 0.3) is 0 Å². The molecule has 1 fully saturated rings. The summed E-state index contributed by atoms with van der Waals surface area (Å²) in [6, 6.07) is 12.3. The van der Waals surface area contributed by atoms with Crippen LogP contribution in [0.5, 0.6) is 0 Å². The van der Waals surface area contributed by atoms with Crippen LogP contribution in [0.3, 0.4) is 0 Å². The van der Waals surface area contributed by atoms with Crippen molar-refractivity contribution in [2.24, 2.45) is 0 Å². The zero-order valence-corrected chi connectivity index (χ0v) is 13.7. The Balaban J connectivity index is 1.70. The number of amides is 1. The Kier molecular flexibility index (Phi) is 4.53. The molecule has 1 heterocycles. The monoisotopic (exact) mass is 332 g/mol. The number of rotatable bonds is 2. The standard InChI is InChI=1S/C18H18ClFN2O/c1-13-4-2-3-5-17(13)21-8-10-22(11-9-21)18(23)15-12-14(19)6-7-16(15)20/h2-7,12H,8-11H2,1H3. The molecule has 2 aromatic rings. The summed E-state index contributed by atoms with van der Waals surface area (Å²) in [7, 11) is 0. The van der Waals surface area contributed by atoms with Gasteiger partial charge in [-0.2, -0.15) is 0 Å². The number of anilines is 1. The van der Waals surface area contributed by atoms with Crippen molar-refractivity contribution in [3.05, 3.63) is 64.4 Å². The van der Waals surface area contributed by atoms with Crippen molar-refractivity contribution in [3.63, 3.8) is 0 Å². The van der Waals surface area contributed by atoms with E-state index in [9.17, 15) is 9.18 Å². The number of aryl methyl sites for hydroxylation is 1. The van der Waals surface area contributed by atoms with Crippen molar-refractivity contribution >= 4 is 23.2 Å². The Labute approximate surface area is 140 Å². The Morgan fingerprint density at radius 1 is 1.09 bits per heavy atom. The SMILES string of the molecule is Cc1ccccc1N1CCN(C(=O)c2cc(Cl)ccc2F)CC1. The smallest absolute Gasteiger partial charge is 0.257 e. The lowest BCUT2D eigenvalue weighted by Crippen LogP contribution is -2.49. The van der Waals surface area contributed by atoms with Gasteiger partial charge >= 0.3 is 0 Å². The number of carbonyl (C=O) groups excluding carboxylic acids is 1. The minimum Gasteiger partial charge on any atom is -0.368 e. The van der Waals surface area contributed by atoms with E-state index < -0.39 is 5.82 Å². The summed E-state index contributed by atoms with van der Waals surface area (Å²) in [4.78, 5) is 16.4. The van der Waals surface area contributed by atoms with Gasteiger partial charge in [0.25, 0.3) is 5.91 Å². The molecule has 0 atom stereocenters. The molecule has 0 spiro atoms. The molecular weight excluding hydrogens is 315 g/mol. The molecule has 0 radical (unpaired) electrons. The zero-order chi connectivity index (χ0) is 16.4. The highest BCUT2D eigenvalue weighted by Gasteiger charge is 2.24. The molecule has 0 saturated carbocycles. The van der Waals surface area contributed by atoms with E-state index in [1.54, 1.807) is 4.90 Å². The molecular formula is C18H18ClFN2O. The van der Waals surface area contributed by atoms with Gasteiger partial charge < -0.3 is 9.80 Å². The number of benzene rings is 2. The maximum Gasteiger partial charge on any atom is 0.257 e. The van der Waals surface area contributed by atoms with Gasteiger partial charge in [0, 0.05) is 36.9 Å². The fraction of sp³-hybridized carbons (Fsp3) is 0.278. The topological polar surface area (TPSA) is 23.6 Å². The first kappa shape index (κ1) is 15.8. The lowest BCUT2D eigenvalue weighted by Gasteiger charge is -2.36. The van der Waals surface area contributed by atoms with Gasteiger partial charge in [0.15, 0.2) is 0 Å². The highest BCUT2D eigenvalue weighted by atomic mass is 35.5. The maximum atomic E-state index is 13.9. The second-order valence-corrected chi connectivity index (χ2v) is 6.13. The molecule has 0 aromatic heterocycles. The lowest BCUT2D eigenvalue weighted by molar-refractivity contribution is 0.0742. The lowest BCUT2D eigenvalue weighted by atomic mass is 10.1. The highest BCUT2D eigenvalue weighted by Crippen LogP contribution is 2.22. The summed E-state index contributed by atoms with van der Waals surface area (Å²) in [6.45, 7) is 4.68. The Hall–Kier alpha value is -2.07. The molecule has 0 unspecified atom stereocenters. The second kappa shape index (κ2) is 6.59. The molecule has 1 aliphatic rings. The first-order valence-electron chi connectivity index (χ1n) is 7.61. The van der Waals surface area contributed by atoms with Gasteiger partial charge in [0.1, 0.15) is 5.82 Å². The van der Waals surface area contributed by atoms with Gasteiger partial charge in [-0.25, -0.2) is 4.39 Å². The van der Waals surface area contributed by atoms with Crippen LogP contribution < -0.4 is 4.90 Å². The number of halogens is 2. The molecule has 1 aliphatic heterocycles. The minimum atomic E-state index is -0.527. The van der Waals surface area contributed by atoms with Gasteiger partial charge in [0.2, 0.25) is 0 Å². The van der Waals surface area contributed by atoms with E-state index in [1.165, 1.54) is 29.4 Å². The third-order valence-corrected chi connectivity index (χ3v) is 4.42. The van der Waals surface area contributed by atoms with Crippen molar-refractivity contribution < 1.29 is 9.18 Å². The average molecular weight is 333 g/mol. The number of nitrogens with zero attached hydrogens (tertiary/aromatic N) is 2. The van der Waals surface area contributed by atoms with Crippen molar-refractivity contribution in [3.8, 4) is 0 Å². The third kappa shape index (κ3) is 3.32. The molecule has 3 rings (SSSR count). The first-order valence-corrected chi connectivity index (χ1v) is 7.99. The summed E-state index contributed by atoms with van der Waals surface area (Å²) in [5.41, 5.74) is 2.45. The molecule has 1 amide bonds. The summed E-state index contributed by atoms with van der Waals surface area (Å²) in [5.74, 6) is -0.824. The molecule has 120 valence electrons. The van der Waals surface area contributed by atoms with E-state index in [0.717, 1.165) is 13.1 Å². The number of hydrogen-bond acceptors (Lipinski definition) is 2. The predicted molar refractivity (Wildman–Crippen MR) is 90.7 cm³/mol. The number of hydrogen-bond donors (Lipinski definition) is 0. The van der Waals surface area contributed by atoms with Crippen molar-refractivity contribution in [1.82, 2.24) is 4.90 Å². The highest BCUT2D eigenvalue weighted by molar-refractivity contribution is 6.31. The van der Waals surface area contributed by atoms with Crippen LogP contribution >= 0.6 is 11.6 Å². The Morgan fingerprint density at radius 2 is 1.78 bits per heavy atom. The summed E-state index contributed by atoms with van der Waals surface area (Å²) in [6.07, 6.45) is 0. The fourth-order valence-corrected chi connectivity index (χ4v) is 3.07. The molecule has 23 heavy (non-hydrogen) atoms. The number of piperazine rings is 1. The first-order chi connectivity index (χ1) is 11.1. The van der Waals surface area contributed by atoms with Gasteiger partial charge in [-0.3, -0.25) is 4.79 Å². The fourth-order valence-electron chi connectivity index (χ4n) is 2.90. The Bertz CT molecular complexity index is 727. The van der Waals surface area contributed by atoms with Crippen molar-refractivity contribution in [1.29, 1.82) is 0 Å². The van der Waals surface area contributed by atoms with E-state index in [-0.39, 0.29) is 11.5 Å².